The molecule has 0 radical (unpaired) electrons. The number of hydrogen-bond acceptors (Lipinski definition) is 2. The van der Waals surface area contributed by atoms with Crippen LogP contribution in [0.5, 0.6) is 0 Å². The van der Waals surface area contributed by atoms with Gasteiger partial charge in [0.1, 0.15) is 5.76 Å². The van der Waals surface area contributed by atoms with Crippen molar-refractivity contribution in [3.63, 3.8) is 0 Å². The summed E-state index contributed by atoms with van der Waals surface area (Å²) in [6.07, 6.45) is 1.98. The summed E-state index contributed by atoms with van der Waals surface area (Å²) in [7, 11) is 0. The first-order valence-electron chi connectivity index (χ1n) is 6.12. The molecule has 3 aromatic rings. The first kappa shape index (κ1) is 13.0. The molecule has 2 aromatic heterocycles. The normalized spacial score (nSPS) is 11.1. The van der Waals surface area contributed by atoms with Gasteiger partial charge >= 0.3 is 5.97 Å². The molecule has 0 spiro atoms. The number of carboxylic acids is 1. The third kappa shape index (κ3) is 2.14. The number of carboxylic acid groups (broad SMARTS) is 1. The Hall–Kier alpha value is -2.01. The predicted octanol–water partition coefficient (Wildman–Crippen LogP) is 4.05. The molecule has 3 rings (SSSR count). The quantitative estimate of drug-likeness (QED) is 0.786. The summed E-state index contributed by atoms with van der Waals surface area (Å²) in [4.78, 5) is 11.0. The lowest BCUT2D eigenvalue weighted by Gasteiger charge is -2.02. The molecule has 0 saturated carbocycles. The molecule has 1 N–H and O–H groups in total. The standard InChI is InChI=1S/C15H12BrNO3/c1-9-6-10(20-14(9)15(18)19)7-17-8-12(16)11-4-2-3-5-13(11)17/h2-6,8H,7H2,1H3,(H,18,19). The monoisotopic (exact) mass is 333 g/mol. The van der Waals surface area contributed by atoms with Gasteiger partial charge in [0.15, 0.2) is 0 Å². The van der Waals surface area contributed by atoms with E-state index < -0.39 is 5.97 Å². The second kappa shape index (κ2) is 4.83. The van der Waals surface area contributed by atoms with Crippen LogP contribution in [0.15, 0.2) is 45.4 Å². The maximum absolute atomic E-state index is 11.0. The summed E-state index contributed by atoms with van der Waals surface area (Å²) in [5.41, 5.74) is 1.72. The highest BCUT2D eigenvalue weighted by Crippen LogP contribution is 2.27. The van der Waals surface area contributed by atoms with Crippen molar-refractivity contribution in [2.75, 3.05) is 0 Å². The lowest BCUT2D eigenvalue weighted by Crippen LogP contribution is -1.97. The summed E-state index contributed by atoms with van der Waals surface area (Å²) < 4.78 is 8.44. The van der Waals surface area contributed by atoms with Gasteiger partial charge in [-0.25, -0.2) is 4.79 Å². The van der Waals surface area contributed by atoms with Gasteiger partial charge in [-0.2, -0.15) is 0 Å². The molecule has 0 unspecified atom stereocenters. The zero-order chi connectivity index (χ0) is 14.3. The molecule has 0 amide bonds. The Kier molecular flexibility index (Phi) is 3.14. The van der Waals surface area contributed by atoms with Crippen LogP contribution in [0.1, 0.15) is 21.9 Å². The Morgan fingerprint density at radius 2 is 2.15 bits per heavy atom. The number of aryl methyl sites for hydroxylation is 1. The van der Waals surface area contributed by atoms with Gasteiger partial charge in [0.25, 0.3) is 0 Å². The summed E-state index contributed by atoms with van der Waals surface area (Å²) in [6, 6.07) is 9.78. The average Bonchev–Trinajstić information content (AvgIpc) is 2.92. The molecule has 0 bridgehead atoms. The highest BCUT2D eigenvalue weighted by molar-refractivity contribution is 9.10. The molecule has 0 aliphatic rings. The second-order valence-electron chi connectivity index (χ2n) is 4.65. The van der Waals surface area contributed by atoms with Gasteiger partial charge in [0.05, 0.1) is 6.54 Å². The molecule has 0 aliphatic carbocycles. The molecule has 0 saturated heterocycles. The topological polar surface area (TPSA) is 55.4 Å². The van der Waals surface area contributed by atoms with Gasteiger partial charge in [-0.15, -0.1) is 0 Å². The number of aromatic nitrogens is 1. The fourth-order valence-electron chi connectivity index (χ4n) is 2.34. The Morgan fingerprint density at radius 1 is 1.40 bits per heavy atom. The number of rotatable bonds is 3. The zero-order valence-electron chi connectivity index (χ0n) is 10.8. The van der Waals surface area contributed by atoms with Gasteiger partial charge < -0.3 is 14.1 Å². The second-order valence-corrected chi connectivity index (χ2v) is 5.51. The van der Waals surface area contributed by atoms with E-state index in [1.54, 1.807) is 13.0 Å². The van der Waals surface area contributed by atoms with Crippen LogP contribution >= 0.6 is 15.9 Å². The van der Waals surface area contributed by atoms with E-state index in [1.807, 2.05) is 35.0 Å². The van der Waals surface area contributed by atoms with Gasteiger partial charge in [0, 0.05) is 27.1 Å². The van der Waals surface area contributed by atoms with E-state index in [0.717, 1.165) is 15.4 Å². The lowest BCUT2D eigenvalue weighted by molar-refractivity contribution is 0.0659. The molecule has 20 heavy (non-hydrogen) atoms. The predicted molar refractivity (Wildman–Crippen MR) is 79.1 cm³/mol. The Balaban J connectivity index is 2.01. The number of furan rings is 1. The molecular formula is C15H12BrNO3. The summed E-state index contributed by atoms with van der Waals surface area (Å²) in [5.74, 6) is -0.393. The van der Waals surface area contributed by atoms with Crippen LogP contribution in [-0.4, -0.2) is 15.6 Å². The highest BCUT2D eigenvalue weighted by Gasteiger charge is 2.15. The first-order valence-corrected chi connectivity index (χ1v) is 6.91. The minimum Gasteiger partial charge on any atom is -0.475 e. The van der Waals surface area contributed by atoms with Crippen LogP contribution in [-0.2, 0) is 6.54 Å². The van der Waals surface area contributed by atoms with Crippen molar-refractivity contribution in [3.05, 3.63) is 58.1 Å². The fourth-order valence-corrected chi connectivity index (χ4v) is 2.92. The maximum Gasteiger partial charge on any atom is 0.372 e. The zero-order valence-corrected chi connectivity index (χ0v) is 12.3. The van der Waals surface area contributed by atoms with E-state index in [-0.39, 0.29) is 5.76 Å². The molecule has 0 fully saturated rings. The van der Waals surface area contributed by atoms with Gasteiger partial charge in [-0.1, -0.05) is 18.2 Å². The molecule has 4 nitrogen and oxygen atoms in total. The third-order valence-electron chi connectivity index (χ3n) is 3.23. The number of nitrogens with zero attached hydrogens (tertiary/aromatic N) is 1. The molecule has 0 aliphatic heterocycles. The Labute approximate surface area is 123 Å². The Bertz CT molecular complexity index is 801. The molecule has 5 heteroatoms. The summed E-state index contributed by atoms with van der Waals surface area (Å²) in [5, 5.41) is 10.1. The number of carbonyl (C=O) groups is 1. The SMILES string of the molecule is Cc1cc(Cn2cc(Br)c3ccccc32)oc1C(=O)O. The molecule has 0 atom stereocenters. The first-order chi connectivity index (χ1) is 9.56. The van der Waals surface area contributed by atoms with E-state index in [4.69, 9.17) is 9.52 Å². The van der Waals surface area contributed by atoms with E-state index in [1.165, 1.54) is 0 Å². The van der Waals surface area contributed by atoms with E-state index in [2.05, 4.69) is 15.9 Å². The number of para-hydroxylation sites is 1. The third-order valence-corrected chi connectivity index (χ3v) is 3.86. The fraction of sp³-hybridized carbons (Fsp3) is 0.133. The van der Waals surface area contributed by atoms with Gasteiger partial charge in [0.2, 0.25) is 5.76 Å². The van der Waals surface area contributed by atoms with E-state index >= 15 is 0 Å². The van der Waals surface area contributed by atoms with Crippen molar-refractivity contribution < 1.29 is 14.3 Å². The van der Waals surface area contributed by atoms with E-state index in [0.29, 0.717) is 17.9 Å². The molecular weight excluding hydrogens is 322 g/mol. The van der Waals surface area contributed by atoms with Crippen LogP contribution in [0.4, 0.5) is 0 Å². The van der Waals surface area contributed by atoms with Crippen LogP contribution in [0.3, 0.4) is 0 Å². The summed E-state index contributed by atoms with van der Waals surface area (Å²) >= 11 is 3.53. The Morgan fingerprint density at radius 3 is 2.85 bits per heavy atom. The average molecular weight is 334 g/mol. The van der Waals surface area contributed by atoms with Gasteiger partial charge in [-0.05, 0) is 35.0 Å². The van der Waals surface area contributed by atoms with Crippen molar-refractivity contribution in [2.24, 2.45) is 0 Å². The van der Waals surface area contributed by atoms with Gasteiger partial charge in [-0.3, -0.25) is 0 Å². The number of aromatic carboxylic acids is 1. The molecule has 2 heterocycles. The van der Waals surface area contributed by atoms with Crippen molar-refractivity contribution in [1.82, 2.24) is 4.57 Å². The maximum atomic E-state index is 11.0. The van der Waals surface area contributed by atoms with Crippen LogP contribution in [0.25, 0.3) is 10.9 Å². The smallest absolute Gasteiger partial charge is 0.372 e. The van der Waals surface area contributed by atoms with Crippen molar-refractivity contribution >= 4 is 32.8 Å². The number of benzene rings is 1. The summed E-state index contributed by atoms with van der Waals surface area (Å²) in [6.45, 7) is 2.24. The number of hydrogen-bond donors (Lipinski definition) is 1. The highest BCUT2D eigenvalue weighted by atomic mass is 79.9. The van der Waals surface area contributed by atoms with Crippen LogP contribution in [0.2, 0.25) is 0 Å². The molecule has 1 aromatic carbocycles. The van der Waals surface area contributed by atoms with Crippen LogP contribution in [0, 0.1) is 6.92 Å². The lowest BCUT2D eigenvalue weighted by atomic mass is 10.2. The van der Waals surface area contributed by atoms with E-state index in [9.17, 15) is 4.79 Å². The van der Waals surface area contributed by atoms with Crippen molar-refractivity contribution in [1.29, 1.82) is 0 Å². The van der Waals surface area contributed by atoms with Crippen molar-refractivity contribution in [3.8, 4) is 0 Å². The van der Waals surface area contributed by atoms with Crippen LogP contribution < -0.4 is 0 Å². The number of fused-ring (bicyclic) bond motifs is 1. The minimum absolute atomic E-state index is 0.00975. The number of halogens is 1. The molecule has 102 valence electrons. The van der Waals surface area contributed by atoms with Crippen molar-refractivity contribution in [2.45, 2.75) is 13.5 Å². The largest absolute Gasteiger partial charge is 0.475 e. The minimum atomic E-state index is -1.03.